The lowest BCUT2D eigenvalue weighted by Crippen LogP contribution is -2.20. The summed E-state index contributed by atoms with van der Waals surface area (Å²) in [5.41, 5.74) is 0.891. The molecule has 0 aromatic carbocycles. The summed E-state index contributed by atoms with van der Waals surface area (Å²) in [7, 11) is 0. The van der Waals surface area contributed by atoms with Crippen LogP contribution in [-0.4, -0.2) is 24.2 Å². The van der Waals surface area contributed by atoms with Gasteiger partial charge in [0, 0.05) is 6.42 Å². The molecule has 1 fully saturated rings. The fourth-order valence-corrected chi connectivity index (χ4v) is 2.62. The molecule has 1 rings (SSSR count). The molecule has 0 bridgehead atoms. The van der Waals surface area contributed by atoms with Gasteiger partial charge in [-0.05, 0) is 42.7 Å². The van der Waals surface area contributed by atoms with Crippen molar-refractivity contribution in [1.29, 1.82) is 0 Å². The van der Waals surface area contributed by atoms with Gasteiger partial charge in [0.15, 0.2) is 0 Å². The Morgan fingerprint density at radius 3 is 2.19 bits per heavy atom. The Morgan fingerprint density at radius 1 is 1.19 bits per heavy atom. The van der Waals surface area contributed by atoms with Gasteiger partial charge in [-0.1, -0.05) is 27.7 Å². The number of carboxylic acids is 1. The van der Waals surface area contributed by atoms with E-state index in [1.807, 2.05) is 0 Å². The zero-order chi connectivity index (χ0) is 12.4. The summed E-state index contributed by atoms with van der Waals surface area (Å²) in [6.45, 7) is 11.3. The first-order valence-corrected chi connectivity index (χ1v) is 6.22. The Labute approximate surface area is 98.6 Å². The van der Waals surface area contributed by atoms with Gasteiger partial charge in [-0.15, -0.1) is 0 Å². The van der Waals surface area contributed by atoms with Crippen molar-refractivity contribution in [3.05, 3.63) is 0 Å². The molecule has 3 nitrogen and oxygen atoms in total. The van der Waals surface area contributed by atoms with Crippen LogP contribution in [0.2, 0.25) is 0 Å². The highest BCUT2D eigenvalue weighted by molar-refractivity contribution is 5.66. The van der Waals surface area contributed by atoms with Gasteiger partial charge in [-0.2, -0.15) is 0 Å². The molecule has 1 aliphatic carbocycles. The fourth-order valence-electron chi connectivity index (χ4n) is 2.62. The van der Waals surface area contributed by atoms with Crippen LogP contribution in [0.3, 0.4) is 0 Å². The van der Waals surface area contributed by atoms with E-state index < -0.39 is 5.97 Å². The normalized spacial score (nSPS) is 22.0. The van der Waals surface area contributed by atoms with Crippen molar-refractivity contribution in [1.82, 2.24) is 5.32 Å². The standard InChI is InChI=1S/C13H25NO2/c1-12(2)10(13(12,3)4)9-14-8-6-5-7-11(15)16/h10,14H,5-9H2,1-4H3,(H,15,16). The second-order valence-corrected chi connectivity index (χ2v) is 6.05. The highest BCUT2D eigenvalue weighted by Gasteiger charge is 2.63. The van der Waals surface area contributed by atoms with E-state index in [-0.39, 0.29) is 0 Å². The molecular formula is C13H25NO2. The summed E-state index contributed by atoms with van der Waals surface area (Å²) in [4.78, 5) is 10.3. The van der Waals surface area contributed by atoms with Gasteiger partial charge in [0.05, 0.1) is 0 Å². The minimum atomic E-state index is -0.690. The van der Waals surface area contributed by atoms with Gasteiger partial charge < -0.3 is 10.4 Å². The smallest absolute Gasteiger partial charge is 0.303 e. The summed E-state index contributed by atoms with van der Waals surface area (Å²) < 4.78 is 0. The Bertz CT molecular complexity index is 245. The van der Waals surface area contributed by atoms with E-state index in [9.17, 15) is 4.79 Å². The number of rotatable bonds is 7. The van der Waals surface area contributed by atoms with E-state index in [4.69, 9.17) is 5.11 Å². The molecule has 0 amide bonds. The molecule has 0 saturated heterocycles. The van der Waals surface area contributed by atoms with E-state index in [1.165, 1.54) is 0 Å². The van der Waals surface area contributed by atoms with Gasteiger partial charge >= 0.3 is 5.97 Å². The molecule has 0 heterocycles. The molecular weight excluding hydrogens is 202 g/mol. The number of carboxylic acid groups (broad SMARTS) is 1. The van der Waals surface area contributed by atoms with E-state index in [0.29, 0.717) is 17.3 Å². The maximum atomic E-state index is 10.3. The lowest BCUT2D eigenvalue weighted by molar-refractivity contribution is -0.137. The minimum absolute atomic E-state index is 0.294. The van der Waals surface area contributed by atoms with Crippen LogP contribution in [0, 0.1) is 16.7 Å². The predicted octanol–water partition coefficient (Wildman–Crippen LogP) is 2.51. The topological polar surface area (TPSA) is 49.3 Å². The van der Waals surface area contributed by atoms with Crippen LogP contribution in [0.1, 0.15) is 47.0 Å². The fraction of sp³-hybridized carbons (Fsp3) is 0.923. The van der Waals surface area contributed by atoms with Crippen molar-refractivity contribution in [2.45, 2.75) is 47.0 Å². The molecule has 0 atom stereocenters. The zero-order valence-electron chi connectivity index (χ0n) is 11.0. The monoisotopic (exact) mass is 227 g/mol. The second kappa shape index (κ2) is 4.74. The van der Waals surface area contributed by atoms with Gasteiger partial charge in [0.2, 0.25) is 0 Å². The Balaban J connectivity index is 2.04. The molecule has 0 aromatic rings. The van der Waals surface area contributed by atoms with Crippen molar-refractivity contribution >= 4 is 5.97 Å². The average molecular weight is 227 g/mol. The van der Waals surface area contributed by atoms with Crippen LogP contribution in [0.5, 0.6) is 0 Å². The van der Waals surface area contributed by atoms with Crippen LogP contribution < -0.4 is 5.32 Å². The quantitative estimate of drug-likeness (QED) is 0.657. The van der Waals surface area contributed by atoms with Gasteiger partial charge in [-0.3, -0.25) is 4.79 Å². The summed E-state index contributed by atoms with van der Waals surface area (Å²) in [6.07, 6.45) is 2.03. The Hall–Kier alpha value is -0.570. The molecule has 0 radical (unpaired) electrons. The van der Waals surface area contributed by atoms with E-state index >= 15 is 0 Å². The summed E-state index contributed by atoms with van der Waals surface area (Å²) >= 11 is 0. The van der Waals surface area contributed by atoms with Crippen molar-refractivity contribution in [2.75, 3.05) is 13.1 Å². The molecule has 94 valence electrons. The maximum Gasteiger partial charge on any atom is 0.303 e. The van der Waals surface area contributed by atoms with Crippen LogP contribution >= 0.6 is 0 Å². The molecule has 0 spiro atoms. The van der Waals surface area contributed by atoms with Gasteiger partial charge in [0.1, 0.15) is 0 Å². The third-order valence-electron chi connectivity index (χ3n) is 4.66. The summed E-state index contributed by atoms with van der Waals surface area (Å²) in [5, 5.41) is 11.9. The lowest BCUT2D eigenvalue weighted by Gasteiger charge is -2.05. The third-order valence-corrected chi connectivity index (χ3v) is 4.66. The van der Waals surface area contributed by atoms with Crippen molar-refractivity contribution in [3.8, 4) is 0 Å². The van der Waals surface area contributed by atoms with Crippen molar-refractivity contribution in [2.24, 2.45) is 16.7 Å². The lowest BCUT2D eigenvalue weighted by atomic mass is 10.0. The van der Waals surface area contributed by atoms with Crippen LogP contribution in [0.4, 0.5) is 0 Å². The summed E-state index contributed by atoms with van der Waals surface area (Å²) in [6, 6.07) is 0. The number of hydrogen-bond acceptors (Lipinski definition) is 2. The summed E-state index contributed by atoms with van der Waals surface area (Å²) in [5.74, 6) is 0.0592. The molecule has 0 aromatic heterocycles. The highest BCUT2D eigenvalue weighted by Crippen LogP contribution is 2.67. The Morgan fingerprint density at radius 2 is 1.75 bits per heavy atom. The second-order valence-electron chi connectivity index (χ2n) is 6.05. The van der Waals surface area contributed by atoms with Crippen molar-refractivity contribution in [3.63, 3.8) is 0 Å². The number of nitrogens with one attached hydrogen (secondary N) is 1. The largest absolute Gasteiger partial charge is 0.481 e. The number of carbonyl (C=O) groups is 1. The molecule has 1 aliphatic rings. The minimum Gasteiger partial charge on any atom is -0.481 e. The Kier molecular flexibility index (Phi) is 4.00. The highest BCUT2D eigenvalue weighted by atomic mass is 16.4. The molecule has 1 saturated carbocycles. The number of aliphatic carboxylic acids is 1. The molecule has 2 N–H and O–H groups in total. The van der Waals surface area contributed by atoms with E-state index in [1.54, 1.807) is 0 Å². The first kappa shape index (κ1) is 13.5. The molecule has 16 heavy (non-hydrogen) atoms. The average Bonchev–Trinajstić information content (AvgIpc) is 2.52. The maximum absolute atomic E-state index is 10.3. The zero-order valence-corrected chi connectivity index (χ0v) is 11.0. The molecule has 0 aliphatic heterocycles. The van der Waals surface area contributed by atoms with Gasteiger partial charge in [0.25, 0.3) is 0 Å². The van der Waals surface area contributed by atoms with Crippen LogP contribution in [0.25, 0.3) is 0 Å². The first-order valence-electron chi connectivity index (χ1n) is 6.22. The van der Waals surface area contributed by atoms with E-state index in [2.05, 4.69) is 33.0 Å². The number of hydrogen-bond donors (Lipinski definition) is 2. The van der Waals surface area contributed by atoms with Crippen molar-refractivity contribution < 1.29 is 9.90 Å². The number of unbranched alkanes of at least 4 members (excludes halogenated alkanes) is 1. The van der Waals surface area contributed by atoms with E-state index in [0.717, 1.165) is 31.8 Å². The first-order chi connectivity index (χ1) is 7.30. The van der Waals surface area contributed by atoms with Crippen LogP contribution in [0.15, 0.2) is 0 Å². The van der Waals surface area contributed by atoms with Crippen LogP contribution in [-0.2, 0) is 4.79 Å². The molecule has 3 heteroatoms. The third kappa shape index (κ3) is 2.76. The predicted molar refractivity (Wildman–Crippen MR) is 65.4 cm³/mol. The molecule has 0 unspecified atom stereocenters. The van der Waals surface area contributed by atoms with Gasteiger partial charge in [-0.25, -0.2) is 0 Å². The SMILES string of the molecule is CC1(C)C(CNCCCCC(=O)O)C1(C)C.